The SMILES string of the molecule is CCOC(=O)CCCSc1nnc(Cc2ccccc2)n1-c1ccccc1C. The zero-order valence-electron chi connectivity index (χ0n) is 16.3. The molecular weight excluding hydrogens is 370 g/mol. The summed E-state index contributed by atoms with van der Waals surface area (Å²) in [5.74, 6) is 1.55. The van der Waals surface area contributed by atoms with E-state index in [-0.39, 0.29) is 5.97 Å². The number of thioether (sulfide) groups is 1. The minimum Gasteiger partial charge on any atom is -0.466 e. The Balaban J connectivity index is 1.80. The summed E-state index contributed by atoms with van der Waals surface area (Å²) in [7, 11) is 0. The van der Waals surface area contributed by atoms with Crippen molar-refractivity contribution in [3.05, 3.63) is 71.5 Å². The lowest BCUT2D eigenvalue weighted by Crippen LogP contribution is -2.06. The fourth-order valence-corrected chi connectivity index (χ4v) is 3.86. The first-order valence-electron chi connectivity index (χ1n) is 9.51. The molecule has 1 heterocycles. The molecule has 0 N–H and O–H groups in total. The minimum atomic E-state index is -0.145. The molecule has 0 amide bonds. The van der Waals surface area contributed by atoms with Crippen LogP contribution in [0.15, 0.2) is 59.8 Å². The Morgan fingerprint density at radius 3 is 2.57 bits per heavy atom. The van der Waals surface area contributed by atoms with Gasteiger partial charge in [-0.1, -0.05) is 60.3 Å². The normalized spacial score (nSPS) is 10.8. The maximum atomic E-state index is 11.5. The van der Waals surface area contributed by atoms with Crippen molar-refractivity contribution in [3.63, 3.8) is 0 Å². The summed E-state index contributed by atoms with van der Waals surface area (Å²) in [6.07, 6.45) is 1.89. The van der Waals surface area contributed by atoms with Gasteiger partial charge in [0.1, 0.15) is 5.82 Å². The van der Waals surface area contributed by atoms with E-state index in [1.807, 2.05) is 37.3 Å². The molecule has 0 aliphatic rings. The van der Waals surface area contributed by atoms with Crippen molar-refractivity contribution in [1.29, 1.82) is 0 Å². The molecule has 0 saturated carbocycles. The largest absolute Gasteiger partial charge is 0.466 e. The standard InChI is InChI=1S/C22H25N3O2S/c1-3-27-21(26)14-9-15-28-22-24-23-20(16-18-11-5-4-6-12-18)25(22)19-13-8-7-10-17(19)2/h4-8,10-13H,3,9,14-16H2,1-2H3. The Morgan fingerprint density at radius 1 is 1.07 bits per heavy atom. The molecule has 0 radical (unpaired) electrons. The van der Waals surface area contributed by atoms with Crippen LogP contribution in [0.2, 0.25) is 0 Å². The Hall–Kier alpha value is -2.60. The predicted octanol–water partition coefficient (Wildman–Crippen LogP) is 4.60. The number of nitrogens with zero attached hydrogens (tertiary/aromatic N) is 3. The van der Waals surface area contributed by atoms with Crippen molar-refractivity contribution in [1.82, 2.24) is 14.8 Å². The molecule has 2 aromatic carbocycles. The number of hydrogen-bond donors (Lipinski definition) is 0. The summed E-state index contributed by atoms with van der Waals surface area (Å²) >= 11 is 1.62. The molecule has 1 aromatic heterocycles. The van der Waals surface area contributed by atoms with Crippen LogP contribution >= 0.6 is 11.8 Å². The number of ether oxygens (including phenoxy) is 1. The molecule has 6 heteroatoms. The van der Waals surface area contributed by atoms with Gasteiger partial charge in [0.05, 0.1) is 12.3 Å². The number of carbonyl (C=O) groups excluding carboxylic acids is 1. The lowest BCUT2D eigenvalue weighted by atomic mass is 10.1. The first-order chi connectivity index (χ1) is 13.7. The topological polar surface area (TPSA) is 57.0 Å². The Bertz CT molecular complexity index is 909. The average Bonchev–Trinajstić information content (AvgIpc) is 3.09. The third-order valence-electron chi connectivity index (χ3n) is 4.32. The number of para-hydroxylation sites is 1. The van der Waals surface area contributed by atoms with Crippen LogP contribution in [-0.2, 0) is 16.0 Å². The molecule has 0 bridgehead atoms. The predicted molar refractivity (Wildman–Crippen MR) is 112 cm³/mol. The highest BCUT2D eigenvalue weighted by Gasteiger charge is 2.16. The van der Waals surface area contributed by atoms with E-state index in [0.717, 1.165) is 28.8 Å². The second-order valence-electron chi connectivity index (χ2n) is 6.44. The number of hydrogen-bond acceptors (Lipinski definition) is 5. The van der Waals surface area contributed by atoms with Gasteiger partial charge in [0.15, 0.2) is 5.16 Å². The smallest absolute Gasteiger partial charge is 0.305 e. The zero-order chi connectivity index (χ0) is 19.8. The third-order valence-corrected chi connectivity index (χ3v) is 5.34. The fraction of sp³-hybridized carbons (Fsp3) is 0.318. The molecule has 28 heavy (non-hydrogen) atoms. The number of esters is 1. The van der Waals surface area contributed by atoms with E-state index >= 15 is 0 Å². The fourth-order valence-electron chi connectivity index (χ4n) is 2.96. The van der Waals surface area contributed by atoms with Crippen LogP contribution in [0, 0.1) is 6.92 Å². The molecule has 5 nitrogen and oxygen atoms in total. The lowest BCUT2D eigenvalue weighted by molar-refractivity contribution is -0.143. The zero-order valence-corrected chi connectivity index (χ0v) is 17.1. The summed E-state index contributed by atoms with van der Waals surface area (Å²) in [6.45, 7) is 4.35. The summed E-state index contributed by atoms with van der Waals surface area (Å²) in [6, 6.07) is 18.5. The van der Waals surface area contributed by atoms with Crippen LogP contribution in [-0.4, -0.2) is 33.1 Å². The number of carbonyl (C=O) groups is 1. The minimum absolute atomic E-state index is 0.145. The van der Waals surface area contributed by atoms with Gasteiger partial charge in [-0.05, 0) is 37.5 Å². The van der Waals surface area contributed by atoms with Gasteiger partial charge in [-0.3, -0.25) is 9.36 Å². The molecule has 0 aliphatic carbocycles. The second kappa shape index (κ2) is 10.1. The van der Waals surface area contributed by atoms with Crippen LogP contribution in [0.3, 0.4) is 0 Å². The molecule has 0 atom stereocenters. The molecule has 0 spiro atoms. The number of rotatable bonds is 9. The van der Waals surface area contributed by atoms with E-state index in [0.29, 0.717) is 19.4 Å². The number of benzene rings is 2. The van der Waals surface area contributed by atoms with E-state index < -0.39 is 0 Å². The van der Waals surface area contributed by atoms with Crippen molar-refractivity contribution < 1.29 is 9.53 Å². The van der Waals surface area contributed by atoms with Crippen LogP contribution < -0.4 is 0 Å². The van der Waals surface area contributed by atoms with Gasteiger partial charge in [-0.15, -0.1) is 10.2 Å². The quantitative estimate of drug-likeness (QED) is 0.301. The average molecular weight is 396 g/mol. The van der Waals surface area contributed by atoms with Crippen molar-refractivity contribution in [2.24, 2.45) is 0 Å². The molecule has 0 aliphatic heterocycles. The van der Waals surface area contributed by atoms with Gasteiger partial charge < -0.3 is 4.74 Å². The highest BCUT2D eigenvalue weighted by atomic mass is 32.2. The van der Waals surface area contributed by atoms with Crippen molar-refractivity contribution >= 4 is 17.7 Å². The summed E-state index contributed by atoms with van der Waals surface area (Å²) < 4.78 is 7.13. The van der Waals surface area contributed by atoms with Crippen LogP contribution in [0.4, 0.5) is 0 Å². The van der Waals surface area contributed by atoms with Crippen LogP contribution in [0.25, 0.3) is 5.69 Å². The third kappa shape index (κ3) is 5.23. The van der Waals surface area contributed by atoms with Crippen LogP contribution in [0.5, 0.6) is 0 Å². The molecule has 0 unspecified atom stereocenters. The summed E-state index contributed by atoms with van der Waals surface area (Å²) in [4.78, 5) is 11.5. The van der Waals surface area contributed by atoms with E-state index in [1.54, 1.807) is 11.8 Å². The Kier molecular flexibility index (Phi) is 7.25. The molecule has 0 saturated heterocycles. The van der Waals surface area contributed by atoms with E-state index in [1.165, 1.54) is 11.1 Å². The van der Waals surface area contributed by atoms with Gasteiger partial charge in [-0.25, -0.2) is 0 Å². The molecule has 3 aromatic rings. The van der Waals surface area contributed by atoms with Gasteiger partial charge in [0.2, 0.25) is 0 Å². The van der Waals surface area contributed by atoms with E-state index in [2.05, 4.69) is 46.0 Å². The van der Waals surface area contributed by atoms with Gasteiger partial charge in [0.25, 0.3) is 0 Å². The lowest BCUT2D eigenvalue weighted by Gasteiger charge is -2.13. The molecule has 0 fully saturated rings. The summed E-state index contributed by atoms with van der Waals surface area (Å²) in [5, 5.41) is 9.77. The first kappa shape index (κ1) is 20.1. The molecule has 146 valence electrons. The maximum absolute atomic E-state index is 11.5. The van der Waals surface area contributed by atoms with Crippen molar-refractivity contribution in [2.45, 2.75) is 38.3 Å². The van der Waals surface area contributed by atoms with E-state index in [4.69, 9.17) is 4.74 Å². The molecule has 3 rings (SSSR count). The van der Waals surface area contributed by atoms with Gasteiger partial charge in [0, 0.05) is 18.6 Å². The van der Waals surface area contributed by atoms with Gasteiger partial charge >= 0.3 is 5.97 Å². The van der Waals surface area contributed by atoms with Crippen molar-refractivity contribution in [3.8, 4) is 5.69 Å². The highest BCUT2D eigenvalue weighted by molar-refractivity contribution is 7.99. The summed E-state index contributed by atoms with van der Waals surface area (Å²) in [5.41, 5.74) is 3.46. The van der Waals surface area contributed by atoms with Gasteiger partial charge in [-0.2, -0.15) is 0 Å². The second-order valence-corrected chi connectivity index (χ2v) is 7.50. The highest BCUT2D eigenvalue weighted by Crippen LogP contribution is 2.26. The van der Waals surface area contributed by atoms with Crippen LogP contribution in [0.1, 0.15) is 36.7 Å². The molecular formula is C22H25N3O2S. The first-order valence-corrected chi connectivity index (χ1v) is 10.5. The Morgan fingerprint density at radius 2 is 1.82 bits per heavy atom. The maximum Gasteiger partial charge on any atom is 0.305 e. The Labute approximate surface area is 170 Å². The van der Waals surface area contributed by atoms with E-state index in [9.17, 15) is 4.79 Å². The monoisotopic (exact) mass is 395 g/mol. The van der Waals surface area contributed by atoms with Crippen molar-refractivity contribution in [2.75, 3.05) is 12.4 Å². The number of aryl methyl sites for hydroxylation is 1. The number of aromatic nitrogens is 3.